The van der Waals surface area contributed by atoms with Crippen molar-refractivity contribution in [3.63, 3.8) is 0 Å². The number of hydrogen-bond acceptors (Lipinski definition) is 5. The Morgan fingerprint density at radius 3 is 2.44 bits per heavy atom. The molecule has 1 aliphatic rings. The van der Waals surface area contributed by atoms with Gasteiger partial charge in [0, 0.05) is 12.2 Å². The van der Waals surface area contributed by atoms with Crippen LogP contribution in [0.5, 0.6) is 0 Å². The van der Waals surface area contributed by atoms with Gasteiger partial charge >= 0.3 is 0 Å². The summed E-state index contributed by atoms with van der Waals surface area (Å²) in [5.41, 5.74) is 1.64. The van der Waals surface area contributed by atoms with E-state index in [4.69, 9.17) is 0 Å². The molecule has 1 atom stereocenters. The molecule has 0 saturated carbocycles. The number of rotatable bonds is 6. The van der Waals surface area contributed by atoms with E-state index in [1.54, 1.807) is 24.3 Å². The number of nitrogens with zero attached hydrogens (tertiary/aromatic N) is 2. The Labute approximate surface area is 183 Å². The molecule has 1 aliphatic heterocycles. The molecule has 9 heteroatoms. The predicted molar refractivity (Wildman–Crippen MR) is 115 cm³/mol. The van der Waals surface area contributed by atoms with Gasteiger partial charge < -0.3 is 16.0 Å². The minimum Gasteiger partial charge on any atom is -0.356 e. The highest BCUT2D eigenvalue weighted by molar-refractivity contribution is 6.03. The van der Waals surface area contributed by atoms with Crippen LogP contribution in [-0.4, -0.2) is 28.3 Å². The smallest absolute Gasteiger partial charge is 0.257 e. The summed E-state index contributed by atoms with van der Waals surface area (Å²) >= 11 is 0. The monoisotopic (exact) mass is 437 g/mol. The molecule has 0 aliphatic carbocycles. The summed E-state index contributed by atoms with van der Waals surface area (Å²) < 4.78 is 28.6. The first-order chi connectivity index (χ1) is 15.4. The maximum atomic E-state index is 14.3. The third kappa shape index (κ3) is 4.01. The van der Waals surface area contributed by atoms with Crippen LogP contribution < -0.4 is 16.0 Å². The fraction of sp³-hybridized carbons (Fsp3) is 0.217. The van der Waals surface area contributed by atoms with Gasteiger partial charge in [-0.25, -0.2) is 18.7 Å². The molecule has 2 amide bonds. The predicted octanol–water partition coefficient (Wildman–Crippen LogP) is 3.65. The lowest BCUT2D eigenvalue weighted by Crippen LogP contribution is -2.27. The summed E-state index contributed by atoms with van der Waals surface area (Å²) in [5, 5.41) is 8.49. The van der Waals surface area contributed by atoms with E-state index in [1.165, 1.54) is 6.07 Å². The summed E-state index contributed by atoms with van der Waals surface area (Å²) in [6.07, 6.45) is 0. The van der Waals surface area contributed by atoms with Gasteiger partial charge in [0.05, 0.1) is 23.7 Å². The first-order valence-corrected chi connectivity index (χ1v) is 10.2. The van der Waals surface area contributed by atoms with Crippen LogP contribution >= 0.6 is 0 Å². The maximum Gasteiger partial charge on any atom is 0.257 e. The Balaban J connectivity index is 1.69. The minimum absolute atomic E-state index is 0.0740. The fourth-order valence-corrected chi connectivity index (χ4v) is 3.51. The van der Waals surface area contributed by atoms with Gasteiger partial charge in [-0.05, 0) is 43.7 Å². The van der Waals surface area contributed by atoms with Crippen LogP contribution in [0.3, 0.4) is 0 Å². The van der Waals surface area contributed by atoms with Crippen molar-refractivity contribution in [3.8, 4) is 11.4 Å². The van der Waals surface area contributed by atoms with Crippen LogP contribution in [0.1, 0.15) is 41.4 Å². The Hall–Kier alpha value is -3.88. The van der Waals surface area contributed by atoms with Crippen LogP contribution in [0.4, 0.5) is 20.3 Å². The van der Waals surface area contributed by atoms with Crippen molar-refractivity contribution in [1.82, 2.24) is 20.6 Å². The molecule has 7 nitrogen and oxygen atoms in total. The number of nitrogens with one attached hydrogen (secondary N) is 3. The Morgan fingerprint density at radius 1 is 1.09 bits per heavy atom. The molecule has 0 bridgehead atoms. The maximum absolute atomic E-state index is 14.3. The number of carbonyl (C=O) groups excluding carboxylic acids is 2. The SMILES string of the molecule is CCNC(=O)C(C)c1ccc(Nc2nc(-c3c(F)cccc3F)nc3c2C(=O)NC3)cc1. The molecular formula is C23H21F2N5O2. The van der Waals surface area contributed by atoms with Gasteiger partial charge in [-0.3, -0.25) is 9.59 Å². The number of aromatic nitrogens is 2. The second-order valence-electron chi connectivity index (χ2n) is 7.36. The third-order valence-corrected chi connectivity index (χ3v) is 5.23. The standard InChI is InChI=1S/C23H21F2N5O2/c1-3-26-22(31)12(2)13-7-9-14(10-8-13)28-21-19-17(11-27-23(19)32)29-20(30-21)18-15(24)5-4-6-16(18)25/h4-10,12H,3,11H2,1-2H3,(H,26,31)(H,27,32)(H,28,29,30). The number of likely N-dealkylation sites (N-methyl/N-ethyl adjacent to an activating group) is 1. The highest BCUT2D eigenvalue weighted by Gasteiger charge is 2.28. The van der Waals surface area contributed by atoms with E-state index in [2.05, 4.69) is 25.9 Å². The lowest BCUT2D eigenvalue weighted by molar-refractivity contribution is -0.122. The van der Waals surface area contributed by atoms with Crippen LogP contribution in [0, 0.1) is 11.6 Å². The highest BCUT2D eigenvalue weighted by atomic mass is 19.1. The molecule has 1 aromatic heterocycles. The number of fused-ring (bicyclic) bond motifs is 1. The molecule has 4 rings (SSSR count). The summed E-state index contributed by atoms with van der Waals surface area (Å²) in [6.45, 7) is 4.35. The van der Waals surface area contributed by atoms with Gasteiger partial charge in [-0.1, -0.05) is 18.2 Å². The molecule has 1 unspecified atom stereocenters. The molecular weight excluding hydrogens is 416 g/mol. The zero-order chi connectivity index (χ0) is 22.8. The highest BCUT2D eigenvalue weighted by Crippen LogP contribution is 2.30. The van der Waals surface area contributed by atoms with Crippen molar-refractivity contribution in [2.45, 2.75) is 26.3 Å². The topological polar surface area (TPSA) is 96.0 Å². The van der Waals surface area contributed by atoms with Gasteiger partial charge in [-0.2, -0.15) is 0 Å². The third-order valence-electron chi connectivity index (χ3n) is 5.23. The quantitative estimate of drug-likeness (QED) is 0.547. The number of benzene rings is 2. The number of carbonyl (C=O) groups is 2. The molecule has 164 valence electrons. The summed E-state index contributed by atoms with van der Waals surface area (Å²) in [4.78, 5) is 32.9. The number of anilines is 2. The zero-order valence-electron chi connectivity index (χ0n) is 17.5. The number of hydrogen-bond donors (Lipinski definition) is 3. The van der Waals surface area contributed by atoms with Gasteiger partial charge in [0.1, 0.15) is 23.0 Å². The summed E-state index contributed by atoms with van der Waals surface area (Å²) in [5.74, 6) is -2.37. The van der Waals surface area contributed by atoms with Crippen LogP contribution in [-0.2, 0) is 11.3 Å². The largest absolute Gasteiger partial charge is 0.356 e. The van der Waals surface area contributed by atoms with Gasteiger partial charge in [0.15, 0.2) is 5.82 Å². The van der Waals surface area contributed by atoms with E-state index in [0.717, 1.165) is 17.7 Å². The normalized spacial score (nSPS) is 13.3. The van der Waals surface area contributed by atoms with Crippen molar-refractivity contribution in [2.75, 3.05) is 11.9 Å². The van der Waals surface area contributed by atoms with Gasteiger partial charge in [0.25, 0.3) is 5.91 Å². The fourth-order valence-electron chi connectivity index (χ4n) is 3.51. The minimum atomic E-state index is -0.795. The molecule has 2 aromatic carbocycles. The van der Waals surface area contributed by atoms with E-state index >= 15 is 0 Å². The van der Waals surface area contributed by atoms with E-state index in [-0.39, 0.29) is 47.0 Å². The molecule has 0 saturated heterocycles. The lowest BCUT2D eigenvalue weighted by atomic mass is 10.00. The molecule has 32 heavy (non-hydrogen) atoms. The van der Waals surface area contributed by atoms with E-state index in [1.807, 2.05) is 13.8 Å². The van der Waals surface area contributed by atoms with Crippen LogP contribution in [0.2, 0.25) is 0 Å². The van der Waals surface area contributed by atoms with Gasteiger partial charge in [-0.15, -0.1) is 0 Å². The Bertz CT molecular complexity index is 1180. The van der Waals surface area contributed by atoms with Crippen LogP contribution in [0.25, 0.3) is 11.4 Å². The second kappa shape index (κ2) is 8.70. The molecule has 0 spiro atoms. The summed E-state index contributed by atoms with van der Waals surface area (Å²) in [6, 6.07) is 10.6. The van der Waals surface area contributed by atoms with E-state index in [9.17, 15) is 18.4 Å². The zero-order valence-corrected chi connectivity index (χ0v) is 17.5. The Kier molecular flexibility index (Phi) is 5.81. The average Bonchev–Trinajstić information content (AvgIpc) is 3.15. The van der Waals surface area contributed by atoms with Crippen molar-refractivity contribution >= 4 is 23.3 Å². The molecule has 0 radical (unpaired) electrons. The van der Waals surface area contributed by atoms with Gasteiger partial charge in [0.2, 0.25) is 5.91 Å². The molecule has 3 N–H and O–H groups in total. The first kappa shape index (κ1) is 21.4. The summed E-state index contributed by atoms with van der Waals surface area (Å²) in [7, 11) is 0. The second-order valence-corrected chi connectivity index (χ2v) is 7.36. The van der Waals surface area contributed by atoms with Crippen molar-refractivity contribution in [1.29, 1.82) is 0 Å². The average molecular weight is 437 g/mol. The molecule has 3 aromatic rings. The molecule has 2 heterocycles. The van der Waals surface area contributed by atoms with Crippen molar-refractivity contribution in [3.05, 3.63) is 70.9 Å². The van der Waals surface area contributed by atoms with Crippen molar-refractivity contribution in [2.24, 2.45) is 0 Å². The van der Waals surface area contributed by atoms with Crippen molar-refractivity contribution < 1.29 is 18.4 Å². The van der Waals surface area contributed by atoms with E-state index in [0.29, 0.717) is 17.9 Å². The lowest BCUT2D eigenvalue weighted by Gasteiger charge is -2.14. The van der Waals surface area contributed by atoms with E-state index < -0.39 is 11.6 Å². The number of amides is 2. The number of halogens is 2. The first-order valence-electron chi connectivity index (χ1n) is 10.2. The molecule has 0 fully saturated rings. The van der Waals surface area contributed by atoms with Crippen LogP contribution in [0.15, 0.2) is 42.5 Å². The Morgan fingerprint density at radius 2 is 1.78 bits per heavy atom.